The summed E-state index contributed by atoms with van der Waals surface area (Å²) >= 11 is 0. The molecule has 1 aliphatic carbocycles. The van der Waals surface area contributed by atoms with Gasteiger partial charge in [0.2, 0.25) is 0 Å². The molecule has 176 valence electrons. The van der Waals surface area contributed by atoms with Gasteiger partial charge in [0.25, 0.3) is 0 Å². The number of nitrogens with zero attached hydrogens (tertiary/aromatic N) is 4. The Morgan fingerprint density at radius 1 is 1.15 bits per heavy atom. The summed E-state index contributed by atoms with van der Waals surface area (Å²) in [5.41, 5.74) is 3.40. The van der Waals surface area contributed by atoms with E-state index in [4.69, 9.17) is 19.3 Å². The normalized spacial score (nSPS) is 13.9. The van der Waals surface area contributed by atoms with E-state index in [-0.39, 0.29) is 6.61 Å². The summed E-state index contributed by atoms with van der Waals surface area (Å²) in [6.07, 6.45) is 4.36. The first kappa shape index (κ1) is 22.2. The van der Waals surface area contributed by atoms with Crippen molar-refractivity contribution in [1.29, 1.82) is 0 Å². The molecule has 2 heterocycles. The Morgan fingerprint density at radius 3 is 2.71 bits per heavy atom. The van der Waals surface area contributed by atoms with Crippen LogP contribution in [0, 0.1) is 0 Å². The van der Waals surface area contributed by atoms with Crippen LogP contribution in [0.1, 0.15) is 32.4 Å². The molecule has 0 radical (unpaired) electrons. The zero-order valence-corrected chi connectivity index (χ0v) is 19.8. The van der Waals surface area contributed by atoms with Crippen molar-refractivity contribution in [3.05, 3.63) is 60.4 Å². The lowest BCUT2D eigenvalue weighted by Gasteiger charge is -2.21. The molecule has 0 atom stereocenters. The minimum Gasteiger partial charge on any atom is -0.490 e. The summed E-state index contributed by atoms with van der Waals surface area (Å²) in [6, 6.07) is 16.1. The van der Waals surface area contributed by atoms with Crippen LogP contribution in [-0.4, -0.2) is 44.3 Å². The maximum atomic E-state index is 12.1. The molecule has 2 aromatic carbocycles. The smallest absolute Gasteiger partial charge is 0.337 e. The van der Waals surface area contributed by atoms with Gasteiger partial charge in [-0.3, -0.25) is 4.68 Å². The number of aryl methyl sites for hydroxylation is 1. The molecule has 0 amide bonds. The lowest BCUT2D eigenvalue weighted by Crippen LogP contribution is -2.35. The van der Waals surface area contributed by atoms with Crippen molar-refractivity contribution < 1.29 is 19.0 Å². The lowest BCUT2D eigenvalue weighted by atomic mass is 10.1. The molecule has 8 nitrogen and oxygen atoms in total. The van der Waals surface area contributed by atoms with Gasteiger partial charge in [-0.25, -0.2) is 9.48 Å². The molecule has 4 aromatic rings. The monoisotopic (exact) mass is 460 g/mol. The first-order chi connectivity index (χ1) is 16.4. The average molecular weight is 461 g/mol. The van der Waals surface area contributed by atoms with Gasteiger partial charge in [0.15, 0.2) is 5.60 Å². The maximum absolute atomic E-state index is 12.1. The quantitative estimate of drug-likeness (QED) is 0.362. The van der Waals surface area contributed by atoms with Gasteiger partial charge in [0, 0.05) is 18.0 Å². The minimum atomic E-state index is -1.08. The fourth-order valence-corrected chi connectivity index (χ4v) is 3.90. The van der Waals surface area contributed by atoms with Gasteiger partial charge in [-0.1, -0.05) is 18.2 Å². The predicted molar refractivity (Wildman–Crippen MR) is 128 cm³/mol. The van der Waals surface area contributed by atoms with Crippen LogP contribution in [-0.2, 0) is 27.9 Å². The predicted octanol–water partition coefficient (Wildman–Crippen LogP) is 4.44. The number of fused-ring (bicyclic) bond motifs is 1. The molecular formula is C26H28N4O4. The van der Waals surface area contributed by atoms with Crippen LogP contribution in [0.3, 0.4) is 0 Å². The van der Waals surface area contributed by atoms with Crippen molar-refractivity contribution in [2.45, 2.75) is 45.0 Å². The summed E-state index contributed by atoms with van der Waals surface area (Å²) in [4.78, 5) is 12.1. The van der Waals surface area contributed by atoms with E-state index in [9.17, 15) is 4.79 Å². The van der Waals surface area contributed by atoms with Gasteiger partial charge >= 0.3 is 5.97 Å². The Morgan fingerprint density at radius 2 is 1.94 bits per heavy atom. The Balaban J connectivity index is 1.57. The molecular weight excluding hydrogens is 432 g/mol. The third-order valence-corrected chi connectivity index (χ3v) is 5.97. The van der Waals surface area contributed by atoms with Crippen molar-refractivity contribution in [1.82, 2.24) is 19.6 Å². The Hall–Kier alpha value is -3.65. The standard InChI is InChI=1S/C26H28N4O4/c1-26(2,25(31)32-4)33-16-18-14-24(17-7-5-8-20(13-17)34-19-11-12-19)30(28-18)23-10-6-9-22-21(23)15-27-29(22)3/h5-10,13-15,19H,11-12,16H2,1-4H3. The number of carbonyl (C=O) groups excluding carboxylic acids is 1. The molecule has 0 spiro atoms. The van der Waals surface area contributed by atoms with E-state index < -0.39 is 11.6 Å². The molecule has 0 bridgehead atoms. The largest absolute Gasteiger partial charge is 0.490 e. The van der Waals surface area contributed by atoms with E-state index in [1.807, 2.05) is 71.1 Å². The van der Waals surface area contributed by atoms with E-state index in [1.54, 1.807) is 13.8 Å². The second kappa shape index (κ2) is 8.61. The molecule has 0 unspecified atom stereocenters. The van der Waals surface area contributed by atoms with Gasteiger partial charge < -0.3 is 14.2 Å². The van der Waals surface area contributed by atoms with Gasteiger partial charge in [-0.05, 0) is 57.0 Å². The number of esters is 1. The average Bonchev–Trinajstić information content (AvgIpc) is 3.41. The van der Waals surface area contributed by atoms with Crippen molar-refractivity contribution in [3.8, 4) is 22.7 Å². The summed E-state index contributed by atoms with van der Waals surface area (Å²) < 4.78 is 20.5. The molecule has 0 N–H and O–H groups in total. The summed E-state index contributed by atoms with van der Waals surface area (Å²) in [7, 11) is 3.27. The highest BCUT2D eigenvalue weighted by Crippen LogP contribution is 2.33. The number of ether oxygens (including phenoxy) is 3. The van der Waals surface area contributed by atoms with Crippen molar-refractivity contribution in [2.24, 2.45) is 7.05 Å². The number of carbonyl (C=O) groups is 1. The topological polar surface area (TPSA) is 80.4 Å². The van der Waals surface area contributed by atoms with Crippen molar-refractivity contribution >= 4 is 16.9 Å². The fraction of sp³-hybridized carbons (Fsp3) is 0.346. The first-order valence-electron chi connectivity index (χ1n) is 11.4. The number of rotatable bonds is 8. The van der Waals surface area contributed by atoms with E-state index in [2.05, 4.69) is 5.10 Å². The summed E-state index contributed by atoms with van der Waals surface area (Å²) in [6.45, 7) is 3.53. The first-order valence-corrected chi connectivity index (χ1v) is 11.4. The highest BCUT2D eigenvalue weighted by Gasteiger charge is 2.30. The van der Waals surface area contributed by atoms with Crippen LogP contribution < -0.4 is 4.74 Å². The molecule has 0 saturated heterocycles. The van der Waals surface area contributed by atoms with E-state index in [0.29, 0.717) is 11.8 Å². The molecule has 2 aromatic heterocycles. The zero-order valence-electron chi connectivity index (χ0n) is 19.8. The van der Waals surface area contributed by atoms with Crippen molar-refractivity contribution in [2.75, 3.05) is 7.11 Å². The van der Waals surface area contributed by atoms with Gasteiger partial charge in [0.1, 0.15) is 5.75 Å². The Kier molecular flexibility index (Phi) is 5.61. The lowest BCUT2D eigenvalue weighted by molar-refractivity contribution is -0.166. The number of methoxy groups -OCH3 is 1. The van der Waals surface area contributed by atoms with E-state index in [1.165, 1.54) is 7.11 Å². The number of hydrogen-bond acceptors (Lipinski definition) is 6. The number of hydrogen-bond donors (Lipinski definition) is 0. The molecule has 5 rings (SSSR count). The molecule has 1 fully saturated rings. The summed E-state index contributed by atoms with van der Waals surface area (Å²) in [5.74, 6) is 0.411. The van der Waals surface area contributed by atoms with Crippen molar-refractivity contribution in [3.63, 3.8) is 0 Å². The van der Waals surface area contributed by atoms with Gasteiger partial charge in [-0.15, -0.1) is 0 Å². The SMILES string of the molecule is COC(=O)C(C)(C)OCc1cc(-c2cccc(OC3CC3)c2)n(-c2cccc3c2cnn3C)n1. The van der Waals surface area contributed by atoms with Crippen LogP contribution in [0.2, 0.25) is 0 Å². The highest BCUT2D eigenvalue weighted by atomic mass is 16.6. The molecule has 1 aliphatic rings. The number of benzene rings is 2. The van der Waals surface area contributed by atoms with E-state index in [0.717, 1.165) is 46.4 Å². The van der Waals surface area contributed by atoms with Gasteiger partial charge in [0.05, 0.1) is 48.6 Å². The van der Waals surface area contributed by atoms with Crippen LogP contribution in [0.4, 0.5) is 0 Å². The maximum Gasteiger partial charge on any atom is 0.337 e. The molecule has 8 heteroatoms. The fourth-order valence-electron chi connectivity index (χ4n) is 3.90. The Labute approximate surface area is 198 Å². The highest BCUT2D eigenvalue weighted by molar-refractivity contribution is 5.88. The van der Waals surface area contributed by atoms with Gasteiger partial charge in [-0.2, -0.15) is 10.2 Å². The minimum absolute atomic E-state index is 0.156. The third-order valence-electron chi connectivity index (χ3n) is 5.97. The third kappa shape index (κ3) is 4.28. The van der Waals surface area contributed by atoms with Crippen LogP contribution in [0.5, 0.6) is 5.75 Å². The summed E-state index contributed by atoms with van der Waals surface area (Å²) in [5, 5.41) is 10.3. The van der Waals surface area contributed by atoms with E-state index >= 15 is 0 Å². The van der Waals surface area contributed by atoms with Crippen LogP contribution >= 0.6 is 0 Å². The second-order valence-electron chi connectivity index (χ2n) is 9.05. The molecule has 0 aliphatic heterocycles. The van der Waals surface area contributed by atoms with Crippen LogP contribution in [0.15, 0.2) is 54.7 Å². The molecule has 34 heavy (non-hydrogen) atoms. The number of aromatic nitrogens is 4. The zero-order chi connectivity index (χ0) is 23.9. The van der Waals surface area contributed by atoms with Crippen LogP contribution in [0.25, 0.3) is 27.8 Å². The second-order valence-corrected chi connectivity index (χ2v) is 9.05. The molecule has 1 saturated carbocycles. The Bertz CT molecular complexity index is 1350.